The lowest BCUT2D eigenvalue weighted by Gasteiger charge is -2.20. The Hall–Kier alpha value is -0.265. The van der Waals surface area contributed by atoms with E-state index in [2.05, 4.69) is 6.92 Å². The topological polar surface area (TPSA) is 17.1 Å². The molecule has 0 bridgehead atoms. The molecule has 0 aromatic heterocycles. The first kappa shape index (κ1) is 10.7. The number of unbranched alkanes of at least 4 members (excludes halogenated alkanes) is 2. The molecule has 0 aromatic carbocycles. The van der Waals surface area contributed by atoms with E-state index in [0.29, 0.717) is 0 Å². The first-order chi connectivity index (χ1) is 5.00. The van der Waals surface area contributed by atoms with Gasteiger partial charge >= 0.3 is 0 Å². The van der Waals surface area contributed by atoms with Crippen LogP contribution in [0.1, 0.15) is 46.5 Å². The summed E-state index contributed by atoms with van der Waals surface area (Å²) >= 11 is 0. The van der Waals surface area contributed by atoms with Crippen molar-refractivity contribution >= 4 is 13.5 Å². The van der Waals surface area contributed by atoms with Crippen molar-refractivity contribution in [1.29, 1.82) is 0 Å². The van der Waals surface area contributed by atoms with Gasteiger partial charge in [0.2, 0.25) is 0 Å². The molecular weight excluding hydrogens is 135 g/mol. The zero-order valence-corrected chi connectivity index (χ0v) is 7.81. The predicted octanol–water partition coefficient (Wildman–Crippen LogP) is 2.29. The number of rotatable bonds is 5. The summed E-state index contributed by atoms with van der Waals surface area (Å²) in [5.41, 5.74) is -0.497. The molecule has 1 nitrogen and oxygen atoms in total. The third-order valence-corrected chi connectivity index (χ3v) is 2.07. The minimum Gasteiger partial charge on any atom is -0.312 e. The Morgan fingerprint density at radius 3 is 2.27 bits per heavy atom. The van der Waals surface area contributed by atoms with Gasteiger partial charge in [-0.05, 0) is 6.42 Å². The number of hydrogen-bond acceptors (Lipinski definition) is 1. The zero-order chi connectivity index (χ0) is 8.91. The summed E-state index contributed by atoms with van der Waals surface area (Å²) in [6.07, 6.45) is 4.40. The van der Waals surface area contributed by atoms with Crippen LogP contribution in [-0.2, 0) is 4.79 Å². The molecule has 0 atom stereocenters. The summed E-state index contributed by atoms with van der Waals surface area (Å²) in [6, 6.07) is 0. The van der Waals surface area contributed by atoms with E-state index in [4.69, 9.17) is 7.85 Å². The molecule has 0 fully saturated rings. The molecule has 0 rings (SSSR count). The lowest BCUT2D eigenvalue weighted by atomic mass is 9.74. The molecule has 62 valence electrons. The van der Waals surface area contributed by atoms with E-state index in [-0.39, 0.29) is 11.1 Å². The predicted molar refractivity (Wildman–Crippen MR) is 48.7 cm³/mol. The van der Waals surface area contributed by atoms with Crippen LogP contribution in [0.5, 0.6) is 0 Å². The van der Waals surface area contributed by atoms with Gasteiger partial charge in [-0.2, -0.15) is 0 Å². The molecule has 11 heavy (non-hydrogen) atoms. The van der Waals surface area contributed by atoms with Crippen LogP contribution in [-0.4, -0.2) is 13.5 Å². The van der Waals surface area contributed by atoms with Crippen molar-refractivity contribution in [3.05, 3.63) is 0 Å². The summed E-state index contributed by atoms with van der Waals surface area (Å²) in [6.45, 7) is 5.97. The summed E-state index contributed by atoms with van der Waals surface area (Å²) in [5.74, 6) is 0. The largest absolute Gasteiger partial charge is 0.312 e. The molecule has 0 unspecified atom stereocenters. The maximum atomic E-state index is 10.8. The van der Waals surface area contributed by atoms with E-state index in [1.54, 1.807) is 0 Å². The van der Waals surface area contributed by atoms with Crippen LogP contribution in [0.25, 0.3) is 0 Å². The first-order valence-electron chi connectivity index (χ1n) is 4.30. The van der Waals surface area contributed by atoms with E-state index in [1.165, 1.54) is 12.8 Å². The molecule has 0 aliphatic carbocycles. The van der Waals surface area contributed by atoms with Crippen molar-refractivity contribution in [3.8, 4) is 0 Å². The molecule has 0 spiro atoms. The van der Waals surface area contributed by atoms with Gasteiger partial charge in [-0.3, -0.25) is 0 Å². The summed E-state index contributed by atoms with van der Waals surface area (Å²) in [5, 5.41) is 0. The highest BCUT2D eigenvalue weighted by Gasteiger charge is 2.21. The van der Waals surface area contributed by atoms with Crippen molar-refractivity contribution in [3.63, 3.8) is 0 Å². The van der Waals surface area contributed by atoms with Gasteiger partial charge in [0, 0.05) is 5.41 Å². The SMILES string of the molecule is [B]C(=O)C(C)(C)CCCCC. The zero-order valence-electron chi connectivity index (χ0n) is 7.81. The second kappa shape index (κ2) is 4.58. The van der Waals surface area contributed by atoms with E-state index < -0.39 is 0 Å². The smallest absolute Gasteiger partial charge is 0.168 e. The normalized spacial score (nSPS) is 11.5. The molecule has 2 radical (unpaired) electrons. The molecule has 0 N–H and O–H groups in total. The highest BCUT2D eigenvalue weighted by molar-refractivity contribution is 6.58. The van der Waals surface area contributed by atoms with Gasteiger partial charge in [0.1, 0.15) is 0 Å². The highest BCUT2D eigenvalue weighted by atomic mass is 16.1. The van der Waals surface area contributed by atoms with Crippen molar-refractivity contribution in [2.45, 2.75) is 46.5 Å². The van der Waals surface area contributed by atoms with Crippen molar-refractivity contribution in [2.75, 3.05) is 0 Å². The third kappa shape index (κ3) is 4.23. The molecule has 0 saturated heterocycles. The molecule has 0 saturated carbocycles. The van der Waals surface area contributed by atoms with E-state index >= 15 is 0 Å². The van der Waals surface area contributed by atoms with Crippen molar-refractivity contribution in [1.82, 2.24) is 0 Å². The Labute approximate surface area is 71.0 Å². The fraction of sp³-hybridized carbons (Fsp3) is 0.889. The van der Waals surface area contributed by atoms with Gasteiger partial charge < -0.3 is 4.79 Å². The van der Waals surface area contributed by atoms with Crippen LogP contribution >= 0.6 is 0 Å². The van der Waals surface area contributed by atoms with Crippen LogP contribution in [0.15, 0.2) is 0 Å². The Morgan fingerprint density at radius 2 is 1.91 bits per heavy atom. The van der Waals surface area contributed by atoms with Gasteiger partial charge in [0.05, 0.1) is 5.68 Å². The molecule has 2 heteroatoms. The second-order valence-corrected chi connectivity index (χ2v) is 3.71. The maximum Gasteiger partial charge on any atom is 0.168 e. The van der Waals surface area contributed by atoms with Gasteiger partial charge in [0.25, 0.3) is 0 Å². The fourth-order valence-corrected chi connectivity index (χ4v) is 0.940. The standard InChI is InChI=1S/C9H17BO/c1-4-5-6-7-9(2,3)8(10)11/h4-7H2,1-3H3. The van der Waals surface area contributed by atoms with Gasteiger partial charge in [-0.1, -0.05) is 40.0 Å². The number of carbonyl (C=O) groups excluding carboxylic acids is 1. The Bertz CT molecular complexity index is 130. The van der Waals surface area contributed by atoms with E-state index in [9.17, 15) is 4.79 Å². The number of hydrogen-bond donors (Lipinski definition) is 0. The maximum absolute atomic E-state index is 10.8. The van der Waals surface area contributed by atoms with Crippen molar-refractivity contribution < 1.29 is 4.79 Å². The minimum absolute atomic E-state index is 0.186. The van der Waals surface area contributed by atoms with Gasteiger partial charge in [0.15, 0.2) is 7.85 Å². The fourth-order valence-electron chi connectivity index (χ4n) is 0.940. The third-order valence-electron chi connectivity index (χ3n) is 2.07. The molecule has 0 heterocycles. The van der Waals surface area contributed by atoms with Crippen LogP contribution in [0.2, 0.25) is 0 Å². The lowest BCUT2D eigenvalue weighted by Crippen LogP contribution is -2.23. The van der Waals surface area contributed by atoms with Crippen molar-refractivity contribution in [2.24, 2.45) is 5.41 Å². The summed E-state index contributed by atoms with van der Waals surface area (Å²) in [7, 11) is 5.21. The average Bonchev–Trinajstić information content (AvgIpc) is 1.88. The Morgan fingerprint density at radius 1 is 1.36 bits per heavy atom. The van der Waals surface area contributed by atoms with Crippen LogP contribution in [0, 0.1) is 5.41 Å². The van der Waals surface area contributed by atoms with E-state index in [1.807, 2.05) is 13.8 Å². The molecule has 0 aliphatic heterocycles. The molecule has 0 aromatic rings. The quantitative estimate of drug-likeness (QED) is 0.436. The first-order valence-corrected chi connectivity index (χ1v) is 4.30. The molecule has 0 aliphatic rings. The summed E-state index contributed by atoms with van der Waals surface area (Å²) in [4.78, 5) is 10.8. The average molecular weight is 152 g/mol. The minimum atomic E-state index is -0.310. The number of carbonyl (C=O) groups is 1. The molecule has 0 amide bonds. The van der Waals surface area contributed by atoms with Crippen LogP contribution in [0.3, 0.4) is 0 Å². The van der Waals surface area contributed by atoms with Crippen LogP contribution in [0.4, 0.5) is 0 Å². The summed E-state index contributed by atoms with van der Waals surface area (Å²) < 4.78 is 0. The monoisotopic (exact) mass is 152 g/mol. The van der Waals surface area contributed by atoms with E-state index in [0.717, 1.165) is 12.8 Å². The van der Waals surface area contributed by atoms with Crippen LogP contribution < -0.4 is 0 Å². The molecular formula is C9H17BO. The highest BCUT2D eigenvalue weighted by Crippen LogP contribution is 2.23. The van der Waals surface area contributed by atoms with Gasteiger partial charge in [-0.15, -0.1) is 0 Å². The second-order valence-electron chi connectivity index (χ2n) is 3.71. The lowest BCUT2D eigenvalue weighted by molar-refractivity contribution is -0.119. The Balaban J connectivity index is 3.64. The Kier molecular flexibility index (Phi) is 4.47. The van der Waals surface area contributed by atoms with Gasteiger partial charge in [-0.25, -0.2) is 0 Å².